The van der Waals surface area contributed by atoms with Gasteiger partial charge in [-0.3, -0.25) is 0 Å². The van der Waals surface area contributed by atoms with Crippen molar-refractivity contribution in [3.8, 4) is 0 Å². The van der Waals surface area contributed by atoms with Crippen LogP contribution in [0.4, 0.5) is 0 Å². The summed E-state index contributed by atoms with van der Waals surface area (Å²) in [5.74, 6) is 0.0348. The highest BCUT2D eigenvalue weighted by Crippen LogP contribution is 2.41. The molecule has 0 amide bonds. The predicted molar refractivity (Wildman–Crippen MR) is 73.7 cm³/mol. The Labute approximate surface area is 119 Å². The van der Waals surface area contributed by atoms with E-state index in [1.165, 1.54) is 0 Å². The van der Waals surface area contributed by atoms with Gasteiger partial charge in [0.05, 0.1) is 25.5 Å². The van der Waals surface area contributed by atoms with Gasteiger partial charge in [-0.15, -0.1) is 5.10 Å². The van der Waals surface area contributed by atoms with Gasteiger partial charge in [-0.1, -0.05) is 18.6 Å². The van der Waals surface area contributed by atoms with Crippen LogP contribution in [0, 0.1) is 0 Å². The summed E-state index contributed by atoms with van der Waals surface area (Å²) in [6.07, 6.45) is 4.39. The highest BCUT2D eigenvalue weighted by molar-refractivity contribution is 5.88. The van der Waals surface area contributed by atoms with E-state index < -0.39 is 0 Å². The fraction of sp³-hybridized carbons (Fsp3) is 0.786. The van der Waals surface area contributed by atoms with Crippen LogP contribution in [0.3, 0.4) is 0 Å². The van der Waals surface area contributed by atoms with Gasteiger partial charge < -0.3 is 9.47 Å². The summed E-state index contributed by atoms with van der Waals surface area (Å²) in [5, 5.41) is 8.08. The summed E-state index contributed by atoms with van der Waals surface area (Å²) in [6, 6.07) is 0. The lowest BCUT2D eigenvalue weighted by atomic mass is 10.2. The molecule has 1 aromatic rings. The molecular formula is C14H23N3O3. The van der Waals surface area contributed by atoms with E-state index in [0.717, 1.165) is 38.0 Å². The fourth-order valence-corrected chi connectivity index (χ4v) is 2.09. The van der Waals surface area contributed by atoms with Crippen LogP contribution in [0.25, 0.3) is 0 Å². The van der Waals surface area contributed by atoms with Crippen LogP contribution in [-0.4, -0.2) is 40.8 Å². The summed E-state index contributed by atoms with van der Waals surface area (Å²) < 4.78 is 12.4. The number of hydrogen-bond donors (Lipinski definition) is 0. The zero-order valence-corrected chi connectivity index (χ0v) is 12.3. The minimum absolute atomic E-state index is 0.357. The van der Waals surface area contributed by atoms with Crippen molar-refractivity contribution in [1.29, 1.82) is 0 Å². The topological polar surface area (TPSA) is 66.2 Å². The number of nitrogens with zero attached hydrogens (tertiary/aromatic N) is 3. The first-order valence-electron chi connectivity index (χ1n) is 7.46. The molecule has 1 aliphatic carbocycles. The third-order valence-electron chi connectivity index (χ3n) is 3.30. The summed E-state index contributed by atoms with van der Waals surface area (Å²) >= 11 is 0. The number of carbonyl (C=O) groups is 1. The van der Waals surface area contributed by atoms with Crippen LogP contribution >= 0.6 is 0 Å². The minimum atomic E-state index is -0.368. The number of ether oxygens (including phenoxy) is 2. The molecule has 1 heterocycles. The van der Waals surface area contributed by atoms with Gasteiger partial charge in [-0.25, -0.2) is 9.48 Å². The molecule has 112 valence electrons. The molecule has 1 saturated carbocycles. The van der Waals surface area contributed by atoms with Crippen LogP contribution in [0.15, 0.2) is 0 Å². The summed E-state index contributed by atoms with van der Waals surface area (Å²) in [4.78, 5) is 11.9. The fourth-order valence-electron chi connectivity index (χ4n) is 2.09. The Morgan fingerprint density at radius 3 is 2.80 bits per heavy atom. The summed E-state index contributed by atoms with van der Waals surface area (Å²) in [6.45, 7) is 6.30. The third kappa shape index (κ3) is 3.79. The molecule has 6 nitrogen and oxygen atoms in total. The minimum Gasteiger partial charge on any atom is -0.461 e. The molecule has 0 unspecified atom stereocenters. The Balaban J connectivity index is 1.96. The highest BCUT2D eigenvalue weighted by atomic mass is 16.5. The second-order valence-corrected chi connectivity index (χ2v) is 5.01. The van der Waals surface area contributed by atoms with Gasteiger partial charge in [0.25, 0.3) is 0 Å². The van der Waals surface area contributed by atoms with E-state index in [4.69, 9.17) is 9.47 Å². The Morgan fingerprint density at radius 1 is 1.35 bits per heavy atom. The second-order valence-electron chi connectivity index (χ2n) is 5.01. The van der Waals surface area contributed by atoms with Crippen molar-refractivity contribution in [2.45, 2.75) is 52.0 Å². The number of rotatable bonds is 9. The Hall–Kier alpha value is -1.43. The van der Waals surface area contributed by atoms with Gasteiger partial charge >= 0.3 is 5.97 Å². The van der Waals surface area contributed by atoms with E-state index in [0.29, 0.717) is 31.4 Å². The SMILES string of the molecule is CCCCOCCn1nnc(C(=O)OCC)c1C1CC1. The standard InChI is InChI=1S/C14H23N3O3/c1-3-5-9-19-10-8-17-13(11-6-7-11)12(15-16-17)14(18)20-4-2/h11H,3-10H2,1-2H3. The smallest absolute Gasteiger partial charge is 0.360 e. The Morgan fingerprint density at radius 2 is 2.15 bits per heavy atom. The zero-order chi connectivity index (χ0) is 14.4. The molecule has 0 aliphatic heterocycles. The molecule has 0 spiro atoms. The second kappa shape index (κ2) is 7.38. The first-order chi connectivity index (χ1) is 9.77. The van der Waals surface area contributed by atoms with Crippen molar-refractivity contribution in [1.82, 2.24) is 15.0 Å². The number of hydrogen-bond acceptors (Lipinski definition) is 5. The molecule has 1 aromatic heterocycles. The van der Waals surface area contributed by atoms with Crippen molar-refractivity contribution >= 4 is 5.97 Å². The molecule has 0 radical (unpaired) electrons. The molecule has 0 N–H and O–H groups in total. The maximum absolute atomic E-state index is 11.9. The van der Waals surface area contributed by atoms with E-state index in [2.05, 4.69) is 17.2 Å². The quantitative estimate of drug-likeness (QED) is 0.512. The maximum Gasteiger partial charge on any atom is 0.360 e. The van der Waals surface area contributed by atoms with Crippen LogP contribution in [-0.2, 0) is 16.0 Å². The van der Waals surface area contributed by atoms with Crippen molar-refractivity contribution in [3.63, 3.8) is 0 Å². The van der Waals surface area contributed by atoms with Gasteiger partial charge in [0.2, 0.25) is 0 Å². The zero-order valence-electron chi connectivity index (χ0n) is 12.3. The normalized spacial score (nSPS) is 14.5. The van der Waals surface area contributed by atoms with Crippen molar-refractivity contribution in [3.05, 3.63) is 11.4 Å². The average Bonchev–Trinajstić information content (AvgIpc) is 3.19. The van der Waals surface area contributed by atoms with Gasteiger partial charge in [0.1, 0.15) is 0 Å². The van der Waals surface area contributed by atoms with E-state index in [-0.39, 0.29) is 5.97 Å². The number of carbonyl (C=O) groups excluding carboxylic acids is 1. The monoisotopic (exact) mass is 281 g/mol. The van der Waals surface area contributed by atoms with Crippen LogP contribution in [0.2, 0.25) is 0 Å². The predicted octanol–water partition coefficient (Wildman–Crippen LogP) is 2.15. The first-order valence-corrected chi connectivity index (χ1v) is 7.46. The first kappa shape index (κ1) is 15.0. The van der Waals surface area contributed by atoms with Crippen molar-refractivity contribution in [2.75, 3.05) is 19.8 Å². The van der Waals surface area contributed by atoms with E-state index in [9.17, 15) is 4.79 Å². The van der Waals surface area contributed by atoms with Crippen LogP contribution in [0.1, 0.15) is 61.6 Å². The molecule has 6 heteroatoms. The molecule has 1 aliphatic rings. The number of aromatic nitrogens is 3. The molecule has 0 atom stereocenters. The van der Waals surface area contributed by atoms with E-state index in [1.807, 2.05) is 0 Å². The third-order valence-corrected chi connectivity index (χ3v) is 3.30. The highest BCUT2D eigenvalue weighted by Gasteiger charge is 2.34. The summed E-state index contributed by atoms with van der Waals surface area (Å²) in [7, 11) is 0. The van der Waals surface area contributed by atoms with Crippen LogP contribution < -0.4 is 0 Å². The molecule has 1 fully saturated rings. The summed E-state index contributed by atoms with van der Waals surface area (Å²) in [5.41, 5.74) is 1.30. The Bertz CT molecular complexity index is 441. The van der Waals surface area contributed by atoms with Crippen molar-refractivity contribution in [2.24, 2.45) is 0 Å². The molecule has 0 bridgehead atoms. The molecule has 20 heavy (non-hydrogen) atoms. The van der Waals surface area contributed by atoms with Crippen molar-refractivity contribution < 1.29 is 14.3 Å². The number of esters is 1. The van der Waals surface area contributed by atoms with E-state index in [1.54, 1.807) is 11.6 Å². The van der Waals surface area contributed by atoms with Crippen LogP contribution in [0.5, 0.6) is 0 Å². The molecular weight excluding hydrogens is 258 g/mol. The lowest BCUT2D eigenvalue weighted by Crippen LogP contribution is -2.13. The average molecular weight is 281 g/mol. The molecule has 0 aromatic carbocycles. The lowest BCUT2D eigenvalue weighted by Gasteiger charge is -2.07. The number of unbranched alkanes of at least 4 members (excludes halogenated alkanes) is 1. The van der Waals surface area contributed by atoms with Gasteiger partial charge in [-0.05, 0) is 26.2 Å². The van der Waals surface area contributed by atoms with E-state index >= 15 is 0 Å². The maximum atomic E-state index is 11.9. The largest absolute Gasteiger partial charge is 0.461 e. The van der Waals surface area contributed by atoms with Gasteiger partial charge in [-0.2, -0.15) is 0 Å². The van der Waals surface area contributed by atoms with Gasteiger partial charge in [0, 0.05) is 12.5 Å². The lowest BCUT2D eigenvalue weighted by molar-refractivity contribution is 0.0517. The van der Waals surface area contributed by atoms with Gasteiger partial charge in [0.15, 0.2) is 5.69 Å². The molecule has 2 rings (SSSR count). The Kier molecular flexibility index (Phi) is 5.52. The molecule has 0 saturated heterocycles.